The van der Waals surface area contributed by atoms with Gasteiger partial charge in [0.15, 0.2) is 0 Å². The van der Waals surface area contributed by atoms with Gasteiger partial charge in [-0.2, -0.15) is 0 Å². The molecule has 1 rings (SSSR count). The minimum atomic E-state index is -0.269. The summed E-state index contributed by atoms with van der Waals surface area (Å²) < 4.78 is 0. The average Bonchev–Trinajstić information content (AvgIpc) is 2.74. The van der Waals surface area contributed by atoms with Crippen LogP contribution >= 0.6 is 11.3 Å². The van der Waals surface area contributed by atoms with Crippen molar-refractivity contribution in [2.45, 2.75) is 13.3 Å². The molecule has 0 aliphatic heterocycles. The van der Waals surface area contributed by atoms with E-state index in [1.807, 2.05) is 11.9 Å². The van der Waals surface area contributed by atoms with E-state index in [-0.39, 0.29) is 17.5 Å². The standard InChI is InChI=1S/C13H22N4O2S/c1-6-7-17(5)13-8(11(18)15-2)9(14)10(20-13)12(19)16(3)4/h6-7,14H2,1-5H3,(H,15,18). The molecule has 1 aromatic heterocycles. The molecule has 2 amide bonds. The van der Waals surface area contributed by atoms with Crippen molar-refractivity contribution in [2.24, 2.45) is 0 Å². The van der Waals surface area contributed by atoms with Gasteiger partial charge in [-0.15, -0.1) is 11.3 Å². The molecule has 3 N–H and O–H groups in total. The maximum Gasteiger partial charge on any atom is 0.265 e. The molecule has 0 saturated heterocycles. The van der Waals surface area contributed by atoms with Crippen LogP contribution in [-0.4, -0.2) is 51.4 Å². The highest BCUT2D eigenvalue weighted by Crippen LogP contribution is 2.38. The highest BCUT2D eigenvalue weighted by atomic mass is 32.1. The summed E-state index contributed by atoms with van der Waals surface area (Å²) in [6.45, 7) is 2.85. The number of rotatable bonds is 5. The number of carbonyl (C=O) groups excluding carboxylic acids is 2. The quantitative estimate of drug-likeness (QED) is 0.857. The van der Waals surface area contributed by atoms with Gasteiger partial charge < -0.3 is 20.9 Å². The third-order valence-corrected chi connectivity index (χ3v) is 4.19. The number of amides is 2. The minimum absolute atomic E-state index is 0.186. The van der Waals surface area contributed by atoms with E-state index in [4.69, 9.17) is 5.73 Å². The maximum atomic E-state index is 12.1. The van der Waals surface area contributed by atoms with Gasteiger partial charge in [0.25, 0.3) is 11.8 Å². The first-order valence-corrected chi connectivity index (χ1v) is 7.23. The molecular weight excluding hydrogens is 276 g/mol. The minimum Gasteiger partial charge on any atom is -0.397 e. The summed E-state index contributed by atoms with van der Waals surface area (Å²) in [7, 11) is 6.77. The van der Waals surface area contributed by atoms with Gasteiger partial charge in [0.1, 0.15) is 9.88 Å². The molecule has 0 unspecified atom stereocenters. The Kier molecular flexibility index (Phi) is 5.38. The summed E-state index contributed by atoms with van der Waals surface area (Å²) in [5.74, 6) is -0.455. The fourth-order valence-corrected chi connectivity index (χ4v) is 3.07. The van der Waals surface area contributed by atoms with Crippen LogP contribution in [-0.2, 0) is 0 Å². The van der Waals surface area contributed by atoms with Crippen molar-refractivity contribution < 1.29 is 9.59 Å². The lowest BCUT2D eigenvalue weighted by atomic mass is 10.2. The first-order chi connectivity index (χ1) is 9.34. The number of hydrogen-bond donors (Lipinski definition) is 2. The van der Waals surface area contributed by atoms with Crippen molar-refractivity contribution in [1.82, 2.24) is 10.2 Å². The Morgan fingerprint density at radius 3 is 2.35 bits per heavy atom. The number of nitrogens with zero attached hydrogens (tertiary/aromatic N) is 2. The van der Waals surface area contributed by atoms with Gasteiger partial charge in [-0.25, -0.2) is 0 Å². The number of hydrogen-bond acceptors (Lipinski definition) is 5. The molecule has 6 nitrogen and oxygen atoms in total. The van der Waals surface area contributed by atoms with Gasteiger partial charge in [0, 0.05) is 34.7 Å². The fraction of sp³-hybridized carbons (Fsp3) is 0.538. The van der Waals surface area contributed by atoms with Crippen LogP contribution < -0.4 is 16.0 Å². The lowest BCUT2D eigenvalue weighted by Crippen LogP contribution is -2.24. The van der Waals surface area contributed by atoms with E-state index in [0.717, 1.165) is 18.0 Å². The largest absolute Gasteiger partial charge is 0.397 e. The molecule has 0 radical (unpaired) electrons. The molecule has 1 aromatic rings. The molecule has 112 valence electrons. The lowest BCUT2D eigenvalue weighted by Gasteiger charge is -2.17. The predicted octanol–water partition coefficient (Wildman–Crippen LogP) is 1.24. The topological polar surface area (TPSA) is 78.7 Å². The predicted molar refractivity (Wildman–Crippen MR) is 83.7 cm³/mol. The Morgan fingerprint density at radius 1 is 1.30 bits per heavy atom. The number of carbonyl (C=O) groups is 2. The molecule has 0 atom stereocenters. The second-order valence-corrected chi connectivity index (χ2v) is 5.72. The highest BCUT2D eigenvalue weighted by Gasteiger charge is 2.27. The van der Waals surface area contributed by atoms with E-state index >= 15 is 0 Å². The van der Waals surface area contributed by atoms with E-state index in [1.54, 1.807) is 21.1 Å². The van der Waals surface area contributed by atoms with E-state index in [9.17, 15) is 9.59 Å². The molecule has 0 spiro atoms. The molecule has 20 heavy (non-hydrogen) atoms. The molecule has 0 bridgehead atoms. The zero-order chi connectivity index (χ0) is 15.4. The summed E-state index contributed by atoms with van der Waals surface area (Å²) in [4.78, 5) is 28.0. The Bertz CT molecular complexity index is 511. The fourth-order valence-electron chi connectivity index (χ4n) is 1.84. The normalized spacial score (nSPS) is 10.2. The van der Waals surface area contributed by atoms with Gasteiger partial charge >= 0.3 is 0 Å². The van der Waals surface area contributed by atoms with Gasteiger partial charge in [-0.1, -0.05) is 6.92 Å². The van der Waals surface area contributed by atoms with Crippen LogP contribution in [0.2, 0.25) is 0 Å². The highest BCUT2D eigenvalue weighted by molar-refractivity contribution is 7.19. The second-order valence-electron chi connectivity index (χ2n) is 4.73. The van der Waals surface area contributed by atoms with Crippen LogP contribution in [0.25, 0.3) is 0 Å². The zero-order valence-electron chi connectivity index (χ0n) is 12.6. The molecule has 1 heterocycles. The first-order valence-electron chi connectivity index (χ1n) is 6.42. The summed E-state index contributed by atoms with van der Waals surface area (Å²) in [5, 5.41) is 3.31. The molecule has 7 heteroatoms. The van der Waals surface area contributed by atoms with Crippen molar-refractivity contribution >= 4 is 33.8 Å². The van der Waals surface area contributed by atoms with Crippen molar-refractivity contribution in [1.29, 1.82) is 0 Å². The van der Waals surface area contributed by atoms with E-state index < -0.39 is 0 Å². The van der Waals surface area contributed by atoms with Crippen LogP contribution in [0.15, 0.2) is 0 Å². The molecule has 0 saturated carbocycles. The molecule has 0 aromatic carbocycles. The maximum absolute atomic E-state index is 12.1. The summed E-state index contributed by atoms with van der Waals surface area (Å²) in [6, 6.07) is 0. The Labute approximate surface area is 123 Å². The molecule has 0 aliphatic carbocycles. The third kappa shape index (κ3) is 3.04. The Balaban J connectivity index is 3.38. The van der Waals surface area contributed by atoms with Gasteiger partial charge in [-0.3, -0.25) is 9.59 Å². The van der Waals surface area contributed by atoms with Crippen molar-refractivity contribution in [2.75, 3.05) is 45.4 Å². The lowest BCUT2D eigenvalue weighted by molar-refractivity contribution is 0.0833. The van der Waals surface area contributed by atoms with E-state index in [0.29, 0.717) is 10.4 Å². The van der Waals surface area contributed by atoms with Crippen LogP contribution in [0.1, 0.15) is 33.4 Å². The van der Waals surface area contributed by atoms with E-state index in [2.05, 4.69) is 12.2 Å². The van der Waals surface area contributed by atoms with E-state index in [1.165, 1.54) is 16.2 Å². The zero-order valence-corrected chi connectivity index (χ0v) is 13.4. The first kappa shape index (κ1) is 16.3. The van der Waals surface area contributed by atoms with Crippen molar-refractivity contribution in [3.63, 3.8) is 0 Å². The van der Waals surface area contributed by atoms with Crippen LogP contribution in [0.3, 0.4) is 0 Å². The molecular formula is C13H22N4O2S. The average molecular weight is 298 g/mol. The van der Waals surface area contributed by atoms with Crippen molar-refractivity contribution in [3.8, 4) is 0 Å². The molecule has 0 aliphatic rings. The Morgan fingerprint density at radius 2 is 1.90 bits per heavy atom. The summed E-state index contributed by atoms with van der Waals surface area (Å²) in [6.07, 6.45) is 0.943. The van der Waals surface area contributed by atoms with Crippen molar-refractivity contribution in [3.05, 3.63) is 10.4 Å². The number of nitrogen functional groups attached to an aromatic ring is 1. The van der Waals surface area contributed by atoms with Crippen LogP contribution in [0.4, 0.5) is 10.7 Å². The monoisotopic (exact) mass is 298 g/mol. The summed E-state index contributed by atoms with van der Waals surface area (Å²) in [5.41, 5.74) is 6.67. The van der Waals surface area contributed by atoms with Crippen LogP contribution in [0.5, 0.6) is 0 Å². The number of nitrogens with two attached hydrogens (primary N) is 1. The van der Waals surface area contributed by atoms with Gasteiger partial charge in [-0.05, 0) is 6.42 Å². The third-order valence-electron chi connectivity index (χ3n) is 2.89. The summed E-state index contributed by atoms with van der Waals surface area (Å²) >= 11 is 1.26. The number of thiophene rings is 1. The molecule has 0 fully saturated rings. The van der Waals surface area contributed by atoms with Gasteiger partial charge in [0.05, 0.1) is 11.3 Å². The number of anilines is 2. The SMILES string of the molecule is CCCN(C)c1sc(C(=O)N(C)C)c(N)c1C(=O)NC. The number of nitrogens with one attached hydrogen (secondary N) is 1. The Hall–Kier alpha value is -1.76. The second kappa shape index (κ2) is 6.60. The van der Waals surface area contributed by atoms with Gasteiger partial charge in [0.2, 0.25) is 0 Å². The van der Waals surface area contributed by atoms with Crippen LogP contribution in [0, 0.1) is 0 Å². The smallest absolute Gasteiger partial charge is 0.265 e.